The summed E-state index contributed by atoms with van der Waals surface area (Å²) in [5.74, 6) is 0.338. The number of nitrogens with one attached hydrogen (secondary N) is 2. The number of aromatic nitrogens is 4. The van der Waals surface area contributed by atoms with Crippen molar-refractivity contribution < 1.29 is 15.0 Å². The zero-order chi connectivity index (χ0) is 27.8. The molecule has 1 aliphatic rings. The maximum atomic E-state index is 12.2. The normalized spacial score (nSPS) is 18.0. The van der Waals surface area contributed by atoms with Crippen LogP contribution in [0.4, 0.5) is 9.93 Å². The zero-order valence-corrected chi connectivity index (χ0v) is 23.3. The summed E-state index contributed by atoms with van der Waals surface area (Å²) in [6.07, 6.45) is 5.93. The number of β-amino-alcohol motifs (C(OH)–C–C–N with tert-alkyl or cyclic N) is 1. The molecular formula is C28H33N7O3S. The first-order valence-electron chi connectivity index (χ1n) is 13.0. The van der Waals surface area contributed by atoms with Gasteiger partial charge in [0.05, 0.1) is 21.5 Å². The maximum Gasteiger partial charge on any atom is 0.321 e. The Morgan fingerprint density at radius 1 is 1.18 bits per heavy atom. The number of pyridine rings is 1. The molecule has 0 aliphatic carbocycles. The molecule has 0 bridgehead atoms. The number of anilines is 1. The smallest absolute Gasteiger partial charge is 0.321 e. The molecule has 4 heterocycles. The van der Waals surface area contributed by atoms with Crippen LogP contribution in [0.3, 0.4) is 0 Å². The van der Waals surface area contributed by atoms with Gasteiger partial charge < -0.3 is 15.5 Å². The average molecular weight is 548 g/mol. The predicted octanol–water partition coefficient (Wildman–Crippen LogP) is 4.14. The Morgan fingerprint density at radius 3 is 2.62 bits per heavy atom. The summed E-state index contributed by atoms with van der Waals surface area (Å²) in [6, 6.07) is 7.73. The molecule has 1 atom stereocenters. The van der Waals surface area contributed by atoms with Crippen molar-refractivity contribution in [2.75, 3.05) is 25.0 Å². The molecule has 39 heavy (non-hydrogen) atoms. The molecule has 0 spiro atoms. The van der Waals surface area contributed by atoms with Gasteiger partial charge in [0.2, 0.25) is 0 Å². The fourth-order valence-electron chi connectivity index (χ4n) is 4.69. The minimum absolute atomic E-state index is 0.310. The highest BCUT2D eigenvalue weighted by Gasteiger charge is 2.31. The molecule has 4 aromatic rings. The van der Waals surface area contributed by atoms with Crippen LogP contribution in [-0.4, -0.2) is 66.3 Å². The topological polar surface area (TPSA) is 136 Å². The number of hydrogen-bond acceptors (Lipinski definition) is 9. The Morgan fingerprint density at radius 2 is 1.95 bits per heavy atom. The number of likely N-dealkylation sites (tertiary alicyclic amines) is 1. The summed E-state index contributed by atoms with van der Waals surface area (Å²) < 4.78 is 0.897. The van der Waals surface area contributed by atoms with Crippen LogP contribution >= 0.6 is 11.3 Å². The SMILES string of the molecule is CCNC(=O)Nc1nc2cc(-c3cnc(C(C)(C)O)nc3)cc(-c3cc(CN4CCC(C)(O)C4)ccn3)c2s1. The fourth-order valence-corrected chi connectivity index (χ4v) is 5.65. The first kappa shape index (κ1) is 27.1. The van der Waals surface area contributed by atoms with Crippen molar-refractivity contribution in [1.82, 2.24) is 30.2 Å². The average Bonchev–Trinajstić information content (AvgIpc) is 3.44. The molecule has 5 rings (SSSR count). The van der Waals surface area contributed by atoms with Crippen molar-refractivity contribution in [3.05, 3.63) is 54.2 Å². The predicted molar refractivity (Wildman–Crippen MR) is 152 cm³/mol. The molecule has 1 unspecified atom stereocenters. The molecule has 1 aliphatic heterocycles. The second-order valence-corrected chi connectivity index (χ2v) is 11.7. The Balaban J connectivity index is 1.55. The quantitative estimate of drug-likeness (QED) is 0.271. The van der Waals surface area contributed by atoms with Crippen molar-refractivity contribution in [2.45, 2.75) is 51.9 Å². The number of urea groups is 1. The van der Waals surface area contributed by atoms with Crippen LogP contribution in [0.15, 0.2) is 42.9 Å². The first-order valence-corrected chi connectivity index (χ1v) is 13.8. The molecule has 204 valence electrons. The molecule has 2 amide bonds. The van der Waals surface area contributed by atoms with E-state index in [-0.39, 0.29) is 6.03 Å². The summed E-state index contributed by atoms with van der Waals surface area (Å²) in [5.41, 5.74) is 3.29. The second-order valence-electron chi connectivity index (χ2n) is 10.7. The lowest BCUT2D eigenvalue weighted by atomic mass is 10.0. The summed E-state index contributed by atoms with van der Waals surface area (Å²) >= 11 is 1.39. The lowest BCUT2D eigenvalue weighted by Crippen LogP contribution is -2.29. The monoisotopic (exact) mass is 547 g/mol. The fraction of sp³-hybridized carbons (Fsp3) is 0.393. The van der Waals surface area contributed by atoms with E-state index in [1.54, 1.807) is 32.4 Å². The van der Waals surface area contributed by atoms with E-state index in [9.17, 15) is 15.0 Å². The minimum Gasteiger partial charge on any atom is -0.389 e. The minimum atomic E-state index is -1.14. The van der Waals surface area contributed by atoms with Gasteiger partial charge in [0, 0.05) is 55.9 Å². The number of nitrogens with zero attached hydrogens (tertiary/aromatic N) is 5. The van der Waals surface area contributed by atoms with E-state index in [2.05, 4.69) is 36.6 Å². The third kappa shape index (κ3) is 6.22. The Bertz CT molecular complexity index is 1500. The molecule has 1 fully saturated rings. The van der Waals surface area contributed by atoms with Crippen molar-refractivity contribution in [2.24, 2.45) is 0 Å². The van der Waals surface area contributed by atoms with Gasteiger partial charge in [0.25, 0.3) is 0 Å². The number of fused-ring (bicyclic) bond motifs is 1. The lowest BCUT2D eigenvalue weighted by Gasteiger charge is -2.19. The molecule has 3 aromatic heterocycles. The number of benzene rings is 1. The third-order valence-electron chi connectivity index (χ3n) is 6.62. The zero-order valence-electron chi connectivity index (χ0n) is 22.5. The second kappa shape index (κ2) is 10.6. The summed E-state index contributed by atoms with van der Waals surface area (Å²) in [5, 5.41) is 26.7. The van der Waals surface area contributed by atoms with Crippen LogP contribution in [0.1, 0.15) is 45.5 Å². The van der Waals surface area contributed by atoms with Gasteiger partial charge in [-0.2, -0.15) is 0 Å². The number of carbonyl (C=O) groups excluding carboxylic acids is 1. The van der Waals surface area contributed by atoms with E-state index < -0.39 is 11.2 Å². The number of thiazole rings is 1. The van der Waals surface area contributed by atoms with E-state index in [4.69, 9.17) is 4.98 Å². The van der Waals surface area contributed by atoms with Crippen LogP contribution < -0.4 is 10.6 Å². The van der Waals surface area contributed by atoms with Gasteiger partial charge in [0.1, 0.15) is 5.60 Å². The highest BCUT2D eigenvalue weighted by molar-refractivity contribution is 7.22. The van der Waals surface area contributed by atoms with E-state index in [1.807, 2.05) is 32.0 Å². The molecule has 0 radical (unpaired) electrons. The van der Waals surface area contributed by atoms with Gasteiger partial charge >= 0.3 is 6.03 Å². The Labute approximate surface area is 231 Å². The standard InChI is InChI=1S/C28H33N7O3S/c1-5-29-25(36)34-26-33-22-12-18(19-13-31-24(32-14-19)27(2,3)37)11-20(23(22)39-26)21-10-17(6-8-30-21)15-35-9-7-28(4,38)16-35/h6,8,10-14,37-38H,5,7,9,15-16H2,1-4H3,(H2,29,33,34,36). The molecule has 11 heteroatoms. The highest BCUT2D eigenvalue weighted by Crippen LogP contribution is 2.38. The van der Waals surface area contributed by atoms with Crippen LogP contribution in [-0.2, 0) is 12.1 Å². The molecular weight excluding hydrogens is 514 g/mol. The third-order valence-corrected chi connectivity index (χ3v) is 7.64. The Kier molecular flexibility index (Phi) is 7.34. The van der Waals surface area contributed by atoms with Gasteiger partial charge in [-0.3, -0.25) is 15.2 Å². The summed E-state index contributed by atoms with van der Waals surface area (Å²) in [4.78, 5) is 32.5. The van der Waals surface area contributed by atoms with Crippen molar-refractivity contribution in [3.63, 3.8) is 0 Å². The van der Waals surface area contributed by atoms with Crippen LogP contribution in [0.25, 0.3) is 32.6 Å². The molecule has 1 aromatic carbocycles. The van der Waals surface area contributed by atoms with Gasteiger partial charge in [0.15, 0.2) is 11.0 Å². The van der Waals surface area contributed by atoms with E-state index in [0.717, 1.165) is 45.6 Å². The number of aliphatic hydroxyl groups is 2. The van der Waals surface area contributed by atoms with Gasteiger partial charge in [-0.15, -0.1) is 0 Å². The van der Waals surface area contributed by atoms with E-state index in [0.29, 0.717) is 36.1 Å². The largest absolute Gasteiger partial charge is 0.389 e. The van der Waals surface area contributed by atoms with Crippen molar-refractivity contribution in [1.29, 1.82) is 0 Å². The van der Waals surface area contributed by atoms with Gasteiger partial charge in [-0.1, -0.05) is 11.3 Å². The van der Waals surface area contributed by atoms with Crippen molar-refractivity contribution in [3.8, 4) is 22.4 Å². The summed E-state index contributed by atoms with van der Waals surface area (Å²) in [6.45, 7) is 9.72. The highest BCUT2D eigenvalue weighted by atomic mass is 32.1. The van der Waals surface area contributed by atoms with Gasteiger partial charge in [-0.25, -0.2) is 19.7 Å². The first-order chi connectivity index (χ1) is 18.5. The molecule has 4 N–H and O–H groups in total. The van der Waals surface area contributed by atoms with E-state index >= 15 is 0 Å². The molecule has 10 nitrogen and oxygen atoms in total. The Hall–Kier alpha value is -3.51. The lowest BCUT2D eigenvalue weighted by molar-refractivity contribution is 0.0676. The van der Waals surface area contributed by atoms with Crippen LogP contribution in [0, 0.1) is 0 Å². The number of hydrogen-bond donors (Lipinski definition) is 4. The number of amides is 2. The van der Waals surface area contributed by atoms with Gasteiger partial charge in [-0.05, 0) is 69.5 Å². The maximum absolute atomic E-state index is 12.2. The number of rotatable bonds is 7. The molecule has 0 saturated carbocycles. The summed E-state index contributed by atoms with van der Waals surface area (Å²) in [7, 11) is 0. The molecule has 1 saturated heterocycles. The number of carbonyl (C=O) groups is 1. The van der Waals surface area contributed by atoms with Crippen LogP contribution in [0.2, 0.25) is 0 Å². The van der Waals surface area contributed by atoms with E-state index in [1.165, 1.54) is 11.3 Å². The van der Waals surface area contributed by atoms with Crippen LogP contribution in [0.5, 0.6) is 0 Å². The van der Waals surface area contributed by atoms with Crippen molar-refractivity contribution >= 4 is 32.7 Å².